The summed E-state index contributed by atoms with van der Waals surface area (Å²) in [7, 11) is 0. The molecule has 0 radical (unpaired) electrons. The summed E-state index contributed by atoms with van der Waals surface area (Å²) in [5.74, 6) is 0.199. The third kappa shape index (κ3) is 5.57. The highest BCUT2D eigenvalue weighted by Crippen LogP contribution is 2.31. The average molecular weight is 301 g/mol. The fraction of sp³-hybridized carbons (Fsp3) is 0.917. The van der Waals surface area contributed by atoms with Gasteiger partial charge in [0.05, 0.1) is 12.3 Å². The van der Waals surface area contributed by atoms with Crippen LogP contribution in [0.1, 0.15) is 25.7 Å². The second-order valence-corrected chi connectivity index (χ2v) is 5.28. The van der Waals surface area contributed by atoms with Crippen LogP contribution < -0.4 is 5.32 Å². The Morgan fingerprint density at radius 1 is 1.26 bits per heavy atom. The van der Waals surface area contributed by atoms with Crippen LogP contribution in [-0.2, 0) is 4.79 Å². The Morgan fingerprint density at radius 3 is 2.42 bits per heavy atom. The molecule has 0 spiro atoms. The Labute approximate surface area is 117 Å². The number of nitrogens with zero attached hydrogens (tertiary/aromatic N) is 1. The van der Waals surface area contributed by atoms with Gasteiger partial charge in [-0.3, -0.25) is 4.79 Å². The van der Waals surface area contributed by atoms with Crippen molar-refractivity contribution in [2.24, 2.45) is 11.8 Å². The summed E-state index contributed by atoms with van der Waals surface area (Å²) in [6, 6.07) is 0. The van der Waals surface area contributed by atoms with E-state index in [1.807, 2.05) is 0 Å². The molecule has 1 heterocycles. The van der Waals surface area contributed by atoms with Crippen LogP contribution in [0.3, 0.4) is 0 Å². The molecule has 7 heteroatoms. The Morgan fingerprint density at radius 2 is 1.95 bits per heavy atom. The summed E-state index contributed by atoms with van der Waals surface area (Å²) in [4.78, 5) is 13.6. The van der Waals surface area contributed by atoms with Crippen LogP contribution in [0.15, 0.2) is 0 Å². The van der Waals surface area contributed by atoms with Crippen molar-refractivity contribution in [1.29, 1.82) is 0 Å². The first-order chi connectivity index (χ1) is 8.46. The maximum absolute atomic E-state index is 12.3. The van der Waals surface area contributed by atoms with Gasteiger partial charge in [-0.2, -0.15) is 13.2 Å². The Balaban J connectivity index is 0.00000180. The van der Waals surface area contributed by atoms with Gasteiger partial charge >= 0.3 is 6.18 Å². The first kappa shape index (κ1) is 16.6. The second-order valence-electron chi connectivity index (χ2n) is 5.28. The highest BCUT2D eigenvalue weighted by Gasteiger charge is 2.34. The van der Waals surface area contributed by atoms with Crippen molar-refractivity contribution in [2.75, 3.05) is 26.2 Å². The predicted octanol–water partition coefficient (Wildman–Crippen LogP) is 2.21. The summed E-state index contributed by atoms with van der Waals surface area (Å²) < 4.78 is 36.8. The number of amides is 1. The van der Waals surface area contributed by atoms with Crippen molar-refractivity contribution in [3.8, 4) is 0 Å². The molecule has 1 aliphatic carbocycles. The van der Waals surface area contributed by atoms with Crippen molar-refractivity contribution >= 4 is 18.3 Å². The normalized spacial score (nSPS) is 23.0. The monoisotopic (exact) mass is 300 g/mol. The van der Waals surface area contributed by atoms with Crippen LogP contribution >= 0.6 is 12.4 Å². The van der Waals surface area contributed by atoms with Crippen molar-refractivity contribution in [2.45, 2.75) is 31.9 Å². The van der Waals surface area contributed by atoms with Gasteiger partial charge < -0.3 is 10.2 Å². The summed E-state index contributed by atoms with van der Waals surface area (Å²) in [5.41, 5.74) is 0. The van der Waals surface area contributed by atoms with Crippen molar-refractivity contribution in [3.63, 3.8) is 0 Å². The molecule has 112 valence electrons. The molecule has 1 N–H and O–H groups in total. The standard InChI is InChI=1S/C12H19F3N2O.ClH/c13-12(14,15)4-6-17(8-9-1-2-9)11(18)10-3-5-16-7-10;/h9-10,16H,1-8H2;1H. The maximum atomic E-state index is 12.3. The van der Waals surface area contributed by atoms with Crippen LogP contribution in [0.2, 0.25) is 0 Å². The van der Waals surface area contributed by atoms with Gasteiger partial charge in [0.15, 0.2) is 0 Å². The molecule has 1 saturated carbocycles. The topological polar surface area (TPSA) is 32.3 Å². The van der Waals surface area contributed by atoms with Crippen molar-refractivity contribution in [3.05, 3.63) is 0 Å². The summed E-state index contributed by atoms with van der Waals surface area (Å²) in [5, 5.41) is 3.08. The van der Waals surface area contributed by atoms with E-state index in [-0.39, 0.29) is 30.8 Å². The van der Waals surface area contributed by atoms with E-state index < -0.39 is 12.6 Å². The van der Waals surface area contributed by atoms with E-state index in [1.165, 1.54) is 4.90 Å². The number of carbonyl (C=O) groups excluding carboxylic acids is 1. The smallest absolute Gasteiger partial charge is 0.342 e. The van der Waals surface area contributed by atoms with E-state index in [2.05, 4.69) is 5.32 Å². The molecule has 1 amide bonds. The highest BCUT2D eigenvalue weighted by atomic mass is 35.5. The first-order valence-electron chi connectivity index (χ1n) is 6.52. The van der Waals surface area contributed by atoms with Gasteiger partial charge in [0.2, 0.25) is 5.91 Å². The third-order valence-electron chi connectivity index (χ3n) is 3.56. The molecule has 2 aliphatic rings. The van der Waals surface area contributed by atoms with Gasteiger partial charge in [0, 0.05) is 19.6 Å². The van der Waals surface area contributed by atoms with Crippen molar-refractivity contribution < 1.29 is 18.0 Å². The SMILES string of the molecule is Cl.O=C(C1CCNC1)N(CCC(F)(F)F)CC1CC1. The molecule has 0 aromatic carbocycles. The molecule has 3 nitrogen and oxygen atoms in total. The number of alkyl halides is 3. The zero-order valence-corrected chi connectivity index (χ0v) is 11.5. The molecule has 0 aromatic heterocycles. The minimum atomic E-state index is -4.18. The molecule has 1 atom stereocenters. The van der Waals surface area contributed by atoms with Crippen molar-refractivity contribution in [1.82, 2.24) is 10.2 Å². The van der Waals surface area contributed by atoms with Crippen LogP contribution in [0, 0.1) is 11.8 Å². The molecule has 19 heavy (non-hydrogen) atoms. The van der Waals surface area contributed by atoms with E-state index >= 15 is 0 Å². The fourth-order valence-corrected chi connectivity index (χ4v) is 2.29. The Kier molecular flexibility index (Phi) is 5.92. The summed E-state index contributed by atoms with van der Waals surface area (Å²) in [6.07, 6.45) is -2.26. The predicted molar refractivity (Wildman–Crippen MR) is 68.2 cm³/mol. The molecular weight excluding hydrogens is 281 g/mol. The summed E-state index contributed by atoms with van der Waals surface area (Å²) in [6.45, 7) is 1.71. The molecule has 1 aliphatic heterocycles. The average Bonchev–Trinajstić information content (AvgIpc) is 2.93. The lowest BCUT2D eigenvalue weighted by atomic mass is 10.1. The Bertz CT molecular complexity index is 302. The second kappa shape index (κ2) is 6.79. The molecule has 0 bridgehead atoms. The molecule has 1 saturated heterocycles. The minimum absolute atomic E-state index is 0. The highest BCUT2D eigenvalue weighted by molar-refractivity contribution is 5.85. The first-order valence-corrected chi connectivity index (χ1v) is 6.52. The number of halogens is 4. The zero-order chi connectivity index (χ0) is 13.2. The van der Waals surface area contributed by atoms with Gasteiger partial charge in [-0.25, -0.2) is 0 Å². The van der Waals surface area contributed by atoms with Crippen LogP contribution in [0.4, 0.5) is 13.2 Å². The minimum Gasteiger partial charge on any atom is -0.342 e. The summed E-state index contributed by atoms with van der Waals surface area (Å²) >= 11 is 0. The van der Waals surface area contributed by atoms with E-state index in [0.29, 0.717) is 19.0 Å². The number of nitrogens with one attached hydrogen (secondary N) is 1. The number of hydrogen-bond acceptors (Lipinski definition) is 2. The van der Waals surface area contributed by atoms with E-state index in [9.17, 15) is 18.0 Å². The molecule has 0 aromatic rings. The van der Waals surface area contributed by atoms with Gasteiger partial charge in [-0.05, 0) is 31.7 Å². The van der Waals surface area contributed by atoms with Gasteiger partial charge in [0.1, 0.15) is 0 Å². The number of hydrogen-bond donors (Lipinski definition) is 1. The van der Waals surface area contributed by atoms with E-state index in [4.69, 9.17) is 0 Å². The molecule has 2 fully saturated rings. The van der Waals surface area contributed by atoms with Gasteiger partial charge in [-0.1, -0.05) is 0 Å². The Hall–Kier alpha value is -0.490. The molecule has 1 unspecified atom stereocenters. The lowest BCUT2D eigenvalue weighted by molar-refractivity contribution is -0.147. The largest absolute Gasteiger partial charge is 0.390 e. The zero-order valence-electron chi connectivity index (χ0n) is 10.7. The maximum Gasteiger partial charge on any atom is 0.390 e. The lowest BCUT2D eigenvalue weighted by Gasteiger charge is -2.26. The van der Waals surface area contributed by atoms with Crippen LogP contribution in [0.5, 0.6) is 0 Å². The molecular formula is C12H20ClF3N2O. The van der Waals surface area contributed by atoms with Gasteiger partial charge in [0.25, 0.3) is 0 Å². The van der Waals surface area contributed by atoms with Gasteiger partial charge in [-0.15, -0.1) is 12.4 Å². The van der Waals surface area contributed by atoms with Crippen LogP contribution in [-0.4, -0.2) is 43.2 Å². The molecule has 2 rings (SSSR count). The van der Waals surface area contributed by atoms with E-state index in [1.54, 1.807) is 0 Å². The quantitative estimate of drug-likeness (QED) is 0.844. The van der Waals surface area contributed by atoms with Crippen LogP contribution in [0.25, 0.3) is 0 Å². The fourth-order valence-electron chi connectivity index (χ4n) is 2.29. The third-order valence-corrected chi connectivity index (χ3v) is 3.56. The van der Waals surface area contributed by atoms with E-state index in [0.717, 1.165) is 25.8 Å². The lowest BCUT2D eigenvalue weighted by Crippen LogP contribution is -2.40. The number of carbonyl (C=O) groups is 1. The number of rotatable bonds is 5.